The van der Waals surface area contributed by atoms with Gasteiger partial charge in [0.05, 0.1) is 12.3 Å². The first-order valence-corrected chi connectivity index (χ1v) is 9.77. The number of hydrogen-bond acceptors (Lipinski definition) is 4. The summed E-state index contributed by atoms with van der Waals surface area (Å²) in [5.41, 5.74) is 3.36. The highest BCUT2D eigenvalue weighted by Gasteiger charge is 2.43. The second kappa shape index (κ2) is 7.44. The lowest BCUT2D eigenvalue weighted by Gasteiger charge is -2.32. The lowest BCUT2D eigenvalue weighted by molar-refractivity contribution is -0.122. The van der Waals surface area contributed by atoms with Gasteiger partial charge in [-0.05, 0) is 38.9 Å². The van der Waals surface area contributed by atoms with Gasteiger partial charge in [0.25, 0.3) is 5.91 Å². The Hall–Kier alpha value is -2.18. The summed E-state index contributed by atoms with van der Waals surface area (Å²) in [5.74, 6) is 0.0524. The van der Waals surface area contributed by atoms with Crippen LogP contribution in [0, 0.1) is 12.3 Å². The van der Waals surface area contributed by atoms with E-state index in [-0.39, 0.29) is 17.9 Å². The van der Waals surface area contributed by atoms with Crippen LogP contribution < -0.4 is 4.90 Å². The predicted molar refractivity (Wildman–Crippen MR) is 105 cm³/mol. The maximum atomic E-state index is 12.6. The van der Waals surface area contributed by atoms with E-state index < -0.39 is 0 Å². The first-order chi connectivity index (χ1) is 13.1. The van der Waals surface area contributed by atoms with Gasteiger partial charge in [-0.2, -0.15) is 5.10 Å². The van der Waals surface area contributed by atoms with Gasteiger partial charge >= 0.3 is 0 Å². The van der Waals surface area contributed by atoms with E-state index in [1.807, 2.05) is 39.9 Å². The quantitative estimate of drug-likeness (QED) is 0.832. The topological polar surface area (TPSA) is 50.6 Å². The number of anilines is 1. The van der Waals surface area contributed by atoms with E-state index in [0.29, 0.717) is 6.61 Å². The molecule has 27 heavy (non-hydrogen) atoms. The number of carbonyl (C=O) groups is 1. The van der Waals surface area contributed by atoms with Crippen molar-refractivity contribution in [3.05, 3.63) is 47.8 Å². The van der Waals surface area contributed by atoms with Crippen LogP contribution in [0.25, 0.3) is 0 Å². The van der Waals surface area contributed by atoms with Gasteiger partial charge in [-0.25, -0.2) is 0 Å². The molecule has 4 rings (SSSR count). The van der Waals surface area contributed by atoms with Crippen LogP contribution in [0.1, 0.15) is 24.6 Å². The summed E-state index contributed by atoms with van der Waals surface area (Å²) in [6.45, 7) is 9.50. The number of likely N-dealkylation sites (tertiary alicyclic amines) is 1. The minimum absolute atomic E-state index is 0.00332. The van der Waals surface area contributed by atoms with Crippen molar-refractivity contribution in [1.82, 2.24) is 14.7 Å². The average molecular weight is 368 g/mol. The van der Waals surface area contributed by atoms with Crippen LogP contribution in [0.2, 0.25) is 0 Å². The van der Waals surface area contributed by atoms with Crippen molar-refractivity contribution < 1.29 is 9.53 Å². The lowest BCUT2D eigenvalue weighted by Crippen LogP contribution is -2.42. The Kier molecular flexibility index (Phi) is 5.02. The van der Waals surface area contributed by atoms with Gasteiger partial charge in [0.2, 0.25) is 0 Å². The third-order valence-corrected chi connectivity index (χ3v) is 5.78. The minimum atomic E-state index is -0.00332. The van der Waals surface area contributed by atoms with Crippen molar-refractivity contribution in [2.45, 2.75) is 33.4 Å². The molecule has 2 fully saturated rings. The van der Waals surface area contributed by atoms with E-state index in [1.54, 1.807) is 0 Å². The van der Waals surface area contributed by atoms with E-state index in [0.717, 1.165) is 50.5 Å². The molecule has 2 aliphatic rings. The van der Waals surface area contributed by atoms with Gasteiger partial charge in [0.15, 0.2) is 0 Å². The second-order valence-corrected chi connectivity index (χ2v) is 7.86. The molecule has 2 aromatic rings. The summed E-state index contributed by atoms with van der Waals surface area (Å²) in [4.78, 5) is 17.0. The lowest BCUT2D eigenvalue weighted by atomic mass is 9.87. The fourth-order valence-electron chi connectivity index (χ4n) is 4.27. The smallest absolute Gasteiger partial charge is 0.252 e. The number of benzene rings is 1. The molecule has 0 bridgehead atoms. The number of aromatic nitrogens is 2. The Morgan fingerprint density at radius 1 is 1.22 bits per heavy atom. The Balaban J connectivity index is 1.49. The maximum Gasteiger partial charge on any atom is 0.252 e. The molecular formula is C21H28N4O2. The molecule has 144 valence electrons. The van der Waals surface area contributed by atoms with E-state index in [4.69, 9.17) is 4.74 Å². The molecule has 3 heterocycles. The summed E-state index contributed by atoms with van der Waals surface area (Å²) in [5, 5.41) is 4.56. The molecule has 1 aromatic heterocycles. The minimum Gasteiger partial charge on any atom is -0.371 e. The SMILES string of the molecule is CCn1cc(CN2CCC3(COCC(=O)N(c4ccccc4)C3)C2)c(C)n1. The van der Waals surface area contributed by atoms with Crippen molar-refractivity contribution in [3.8, 4) is 0 Å². The van der Waals surface area contributed by atoms with E-state index in [1.165, 1.54) is 5.56 Å². The molecule has 0 aliphatic carbocycles. The van der Waals surface area contributed by atoms with Crippen LogP contribution in [-0.2, 0) is 22.6 Å². The zero-order chi connectivity index (χ0) is 18.9. The van der Waals surface area contributed by atoms with Gasteiger partial charge in [0, 0.05) is 49.0 Å². The Labute approximate surface area is 160 Å². The van der Waals surface area contributed by atoms with Gasteiger partial charge < -0.3 is 9.64 Å². The monoisotopic (exact) mass is 368 g/mol. The Bertz CT molecular complexity index is 804. The predicted octanol–water partition coefficient (Wildman–Crippen LogP) is 2.47. The molecule has 0 radical (unpaired) electrons. The third-order valence-electron chi connectivity index (χ3n) is 5.78. The van der Waals surface area contributed by atoms with Gasteiger partial charge in [-0.3, -0.25) is 14.4 Å². The van der Waals surface area contributed by atoms with Crippen LogP contribution in [0.5, 0.6) is 0 Å². The number of amides is 1. The number of nitrogens with zero attached hydrogens (tertiary/aromatic N) is 4. The molecule has 6 heteroatoms. The third kappa shape index (κ3) is 3.77. The molecule has 2 saturated heterocycles. The summed E-state index contributed by atoms with van der Waals surface area (Å²) in [6.07, 6.45) is 3.20. The zero-order valence-corrected chi connectivity index (χ0v) is 16.2. The maximum absolute atomic E-state index is 12.6. The summed E-state index contributed by atoms with van der Waals surface area (Å²) in [7, 11) is 0. The van der Waals surface area contributed by atoms with Crippen LogP contribution in [-0.4, -0.2) is 53.4 Å². The first-order valence-electron chi connectivity index (χ1n) is 9.77. The second-order valence-electron chi connectivity index (χ2n) is 7.86. The number of para-hydroxylation sites is 1. The number of rotatable bonds is 4. The van der Waals surface area contributed by atoms with E-state index in [9.17, 15) is 4.79 Å². The highest BCUT2D eigenvalue weighted by molar-refractivity contribution is 5.94. The molecule has 0 saturated carbocycles. The van der Waals surface area contributed by atoms with Gasteiger partial charge in [0.1, 0.15) is 6.61 Å². The fourth-order valence-corrected chi connectivity index (χ4v) is 4.27. The number of hydrogen-bond donors (Lipinski definition) is 0. The molecule has 1 unspecified atom stereocenters. The molecule has 1 atom stereocenters. The molecule has 0 N–H and O–H groups in total. The fraction of sp³-hybridized carbons (Fsp3) is 0.524. The van der Waals surface area contributed by atoms with E-state index in [2.05, 4.69) is 30.0 Å². The van der Waals surface area contributed by atoms with Crippen LogP contribution in [0.4, 0.5) is 5.69 Å². The Morgan fingerprint density at radius 3 is 2.78 bits per heavy atom. The largest absolute Gasteiger partial charge is 0.371 e. The van der Waals surface area contributed by atoms with Crippen molar-refractivity contribution in [1.29, 1.82) is 0 Å². The number of aryl methyl sites for hydroxylation is 2. The standard InChI is InChI=1S/C21H28N4O2/c1-3-24-12-18(17(2)22-24)11-23-10-9-21(14-23)15-25(20(26)13-27-16-21)19-7-5-4-6-8-19/h4-8,12H,3,9-11,13-16H2,1-2H3. The van der Waals surface area contributed by atoms with Crippen LogP contribution >= 0.6 is 0 Å². The first kappa shape index (κ1) is 18.2. The highest BCUT2D eigenvalue weighted by Crippen LogP contribution is 2.36. The van der Waals surface area contributed by atoms with E-state index >= 15 is 0 Å². The van der Waals surface area contributed by atoms with Crippen molar-refractivity contribution in [2.75, 3.05) is 37.7 Å². The molecule has 1 spiro atoms. The molecule has 6 nitrogen and oxygen atoms in total. The van der Waals surface area contributed by atoms with Crippen molar-refractivity contribution >= 4 is 11.6 Å². The van der Waals surface area contributed by atoms with Crippen LogP contribution in [0.15, 0.2) is 36.5 Å². The summed E-state index contributed by atoms with van der Waals surface area (Å²) >= 11 is 0. The molecule has 2 aliphatic heterocycles. The van der Waals surface area contributed by atoms with Crippen molar-refractivity contribution in [2.24, 2.45) is 5.41 Å². The normalized spacial score (nSPS) is 23.9. The van der Waals surface area contributed by atoms with Gasteiger partial charge in [-0.15, -0.1) is 0 Å². The number of ether oxygens (including phenoxy) is 1. The van der Waals surface area contributed by atoms with Crippen LogP contribution in [0.3, 0.4) is 0 Å². The summed E-state index contributed by atoms with van der Waals surface area (Å²) in [6, 6.07) is 9.96. The average Bonchev–Trinajstić information content (AvgIpc) is 3.19. The summed E-state index contributed by atoms with van der Waals surface area (Å²) < 4.78 is 7.81. The van der Waals surface area contributed by atoms with Crippen molar-refractivity contribution in [3.63, 3.8) is 0 Å². The molecular weight excluding hydrogens is 340 g/mol. The highest BCUT2D eigenvalue weighted by atomic mass is 16.5. The molecule has 1 aromatic carbocycles. The Morgan fingerprint density at radius 2 is 2.04 bits per heavy atom. The number of carbonyl (C=O) groups excluding carboxylic acids is 1. The molecule has 1 amide bonds. The zero-order valence-electron chi connectivity index (χ0n) is 16.2. The van der Waals surface area contributed by atoms with Gasteiger partial charge in [-0.1, -0.05) is 18.2 Å².